The van der Waals surface area contributed by atoms with Gasteiger partial charge in [0.05, 0.1) is 24.1 Å². The van der Waals surface area contributed by atoms with Crippen LogP contribution in [0.1, 0.15) is 25.7 Å². The molecule has 2 aromatic rings. The summed E-state index contributed by atoms with van der Waals surface area (Å²) in [5.41, 5.74) is 6.95. The van der Waals surface area contributed by atoms with Crippen LogP contribution in [0.4, 0.5) is 5.82 Å². The zero-order chi connectivity index (χ0) is 17.2. The molecule has 4 rings (SSSR count). The summed E-state index contributed by atoms with van der Waals surface area (Å²) in [5, 5.41) is 0.985. The highest BCUT2D eigenvalue weighted by Gasteiger charge is 2.23. The van der Waals surface area contributed by atoms with Gasteiger partial charge in [-0.25, -0.2) is 0 Å². The number of aromatic nitrogens is 2. The van der Waals surface area contributed by atoms with Crippen LogP contribution in [0.15, 0.2) is 18.3 Å². The highest BCUT2D eigenvalue weighted by molar-refractivity contribution is 14.1. The van der Waals surface area contributed by atoms with Crippen LogP contribution < -0.4 is 15.4 Å². The number of anilines is 1. The van der Waals surface area contributed by atoms with Gasteiger partial charge in [-0.2, -0.15) is 4.98 Å². The topological polar surface area (TPSA) is 73.5 Å². The Hall–Kier alpha value is -1.19. The number of hydrogen-bond acceptors (Lipinski definition) is 6. The molecule has 0 atom stereocenters. The second-order valence-electron chi connectivity index (χ2n) is 6.76. The molecule has 1 aliphatic heterocycles. The molecule has 1 saturated heterocycles. The molecule has 6 nitrogen and oxygen atoms in total. The van der Waals surface area contributed by atoms with E-state index in [1.807, 2.05) is 6.20 Å². The van der Waals surface area contributed by atoms with E-state index < -0.39 is 0 Å². The monoisotopic (exact) mass is 454 g/mol. The van der Waals surface area contributed by atoms with E-state index >= 15 is 0 Å². The second-order valence-corrected chi connectivity index (χ2v) is 8.01. The molecule has 1 saturated carbocycles. The molecule has 7 heteroatoms. The van der Waals surface area contributed by atoms with Gasteiger partial charge in [0.1, 0.15) is 11.9 Å². The number of nitrogens with two attached hydrogens (primary N) is 1. The Labute approximate surface area is 161 Å². The van der Waals surface area contributed by atoms with Gasteiger partial charge in [-0.3, -0.25) is 4.98 Å². The van der Waals surface area contributed by atoms with Crippen molar-refractivity contribution in [2.45, 2.75) is 37.8 Å². The van der Waals surface area contributed by atoms with Gasteiger partial charge in [-0.15, -0.1) is 0 Å². The Bertz CT molecular complexity index is 743. The van der Waals surface area contributed by atoms with Crippen LogP contribution in [0.25, 0.3) is 10.9 Å². The van der Waals surface area contributed by atoms with E-state index in [-0.39, 0.29) is 6.10 Å². The molecule has 1 aliphatic carbocycles. The van der Waals surface area contributed by atoms with E-state index in [1.165, 1.54) is 0 Å². The molecule has 3 heterocycles. The maximum atomic E-state index is 6.34. The first-order valence-corrected chi connectivity index (χ1v) is 9.98. The van der Waals surface area contributed by atoms with E-state index in [0.29, 0.717) is 11.9 Å². The molecule has 0 bridgehead atoms. The Morgan fingerprint density at radius 1 is 1.16 bits per heavy atom. The lowest BCUT2D eigenvalue weighted by Crippen LogP contribution is -2.37. The van der Waals surface area contributed by atoms with Gasteiger partial charge in [0.25, 0.3) is 0 Å². The Morgan fingerprint density at radius 2 is 1.92 bits per heavy atom. The molecule has 2 fully saturated rings. The summed E-state index contributed by atoms with van der Waals surface area (Å²) in [5.74, 6) is 1.62. The van der Waals surface area contributed by atoms with Crippen LogP contribution in [0.3, 0.4) is 0 Å². The van der Waals surface area contributed by atoms with Gasteiger partial charge in [0.2, 0.25) is 5.88 Å². The van der Waals surface area contributed by atoms with E-state index in [2.05, 4.69) is 44.6 Å². The Kier molecular flexibility index (Phi) is 5.23. The molecule has 0 spiro atoms. The molecule has 25 heavy (non-hydrogen) atoms. The van der Waals surface area contributed by atoms with Gasteiger partial charge in [0.15, 0.2) is 0 Å². The normalized spacial score (nSPS) is 24.5. The highest BCUT2D eigenvalue weighted by atomic mass is 127. The molecular weight excluding hydrogens is 431 g/mol. The van der Waals surface area contributed by atoms with Gasteiger partial charge in [-0.1, -0.05) is 0 Å². The summed E-state index contributed by atoms with van der Waals surface area (Å²) in [6.07, 6.45) is 6.08. The van der Waals surface area contributed by atoms with Crippen LogP contribution in [0.5, 0.6) is 5.88 Å². The van der Waals surface area contributed by atoms with Crippen molar-refractivity contribution in [2.24, 2.45) is 5.73 Å². The van der Waals surface area contributed by atoms with Crippen LogP contribution in [0.2, 0.25) is 0 Å². The van der Waals surface area contributed by atoms with E-state index in [1.54, 1.807) is 0 Å². The summed E-state index contributed by atoms with van der Waals surface area (Å²) in [7, 11) is 0. The molecule has 2 aliphatic rings. The standard InChI is InChI=1S/C18H23IN4O2/c19-12-9-15-16(21-11-12)10-17(23-5-7-24-8-6-23)22-18(15)25-14-3-1-13(20)2-4-14/h9-11,13-14H,1-8,20H2/t13-,14+. The lowest BCUT2D eigenvalue weighted by Gasteiger charge is -2.30. The zero-order valence-electron chi connectivity index (χ0n) is 14.2. The molecule has 0 unspecified atom stereocenters. The SMILES string of the molecule is N[C@H]1CC[C@@H](Oc2nc(N3CCOCC3)cc3ncc(I)cc23)CC1. The first-order chi connectivity index (χ1) is 12.2. The molecule has 2 aromatic heterocycles. The van der Waals surface area contributed by atoms with E-state index in [0.717, 1.165) is 72.3 Å². The average molecular weight is 454 g/mol. The Morgan fingerprint density at radius 3 is 2.68 bits per heavy atom. The third-order valence-corrected chi connectivity index (χ3v) is 5.52. The second kappa shape index (κ2) is 7.59. The van der Waals surface area contributed by atoms with Crippen molar-refractivity contribution in [3.05, 3.63) is 21.9 Å². The quantitative estimate of drug-likeness (QED) is 0.720. The lowest BCUT2D eigenvalue weighted by atomic mass is 9.94. The van der Waals surface area contributed by atoms with E-state index in [4.69, 9.17) is 20.2 Å². The smallest absolute Gasteiger partial charge is 0.225 e. The fraction of sp³-hybridized carbons (Fsp3) is 0.556. The first-order valence-electron chi connectivity index (χ1n) is 8.90. The predicted molar refractivity (Wildman–Crippen MR) is 106 cm³/mol. The van der Waals surface area contributed by atoms with Crippen molar-refractivity contribution in [2.75, 3.05) is 31.2 Å². The summed E-state index contributed by atoms with van der Waals surface area (Å²) >= 11 is 2.28. The summed E-state index contributed by atoms with van der Waals surface area (Å²) < 4.78 is 12.9. The Balaban J connectivity index is 1.67. The molecule has 2 N–H and O–H groups in total. The van der Waals surface area contributed by atoms with Crippen LogP contribution in [-0.2, 0) is 4.74 Å². The number of morpholine rings is 1. The third kappa shape index (κ3) is 3.98. The minimum absolute atomic E-state index is 0.188. The first kappa shape index (κ1) is 17.2. The largest absolute Gasteiger partial charge is 0.474 e. The molecule has 0 amide bonds. The van der Waals surface area contributed by atoms with Crippen LogP contribution in [0, 0.1) is 3.57 Å². The van der Waals surface area contributed by atoms with Gasteiger partial charge in [0, 0.05) is 35.0 Å². The minimum Gasteiger partial charge on any atom is -0.474 e. The molecule has 0 aromatic carbocycles. The van der Waals surface area contributed by atoms with E-state index in [9.17, 15) is 0 Å². The van der Waals surface area contributed by atoms with Crippen molar-refractivity contribution in [1.82, 2.24) is 9.97 Å². The fourth-order valence-electron chi connectivity index (χ4n) is 3.46. The van der Waals surface area contributed by atoms with Gasteiger partial charge >= 0.3 is 0 Å². The molecule has 0 radical (unpaired) electrons. The number of rotatable bonds is 3. The maximum absolute atomic E-state index is 6.34. The number of hydrogen-bond donors (Lipinski definition) is 1. The minimum atomic E-state index is 0.188. The van der Waals surface area contributed by atoms with Gasteiger partial charge in [-0.05, 0) is 54.3 Å². The van der Waals surface area contributed by atoms with Gasteiger partial charge < -0.3 is 20.1 Å². The predicted octanol–water partition coefficient (Wildman–Crippen LogP) is 2.72. The summed E-state index contributed by atoms with van der Waals surface area (Å²) in [6.45, 7) is 3.16. The number of pyridine rings is 2. The van der Waals surface area contributed by atoms with Crippen molar-refractivity contribution in [3.8, 4) is 5.88 Å². The van der Waals surface area contributed by atoms with Crippen molar-refractivity contribution in [1.29, 1.82) is 0 Å². The number of ether oxygens (including phenoxy) is 2. The third-order valence-electron chi connectivity index (χ3n) is 4.93. The van der Waals surface area contributed by atoms with Crippen LogP contribution >= 0.6 is 22.6 Å². The lowest BCUT2D eigenvalue weighted by molar-refractivity contribution is 0.122. The maximum Gasteiger partial charge on any atom is 0.225 e. The molecular formula is C18H23IN4O2. The van der Waals surface area contributed by atoms with Crippen molar-refractivity contribution < 1.29 is 9.47 Å². The van der Waals surface area contributed by atoms with Crippen LogP contribution in [-0.4, -0.2) is 48.4 Å². The zero-order valence-corrected chi connectivity index (χ0v) is 16.3. The number of halogens is 1. The molecule has 134 valence electrons. The summed E-state index contributed by atoms with van der Waals surface area (Å²) in [6, 6.07) is 4.47. The number of fused-ring (bicyclic) bond motifs is 1. The number of nitrogens with zero attached hydrogens (tertiary/aromatic N) is 3. The highest BCUT2D eigenvalue weighted by Crippen LogP contribution is 2.31. The fourth-order valence-corrected chi connectivity index (χ4v) is 3.91. The summed E-state index contributed by atoms with van der Waals surface area (Å²) in [4.78, 5) is 11.7. The van der Waals surface area contributed by atoms with Crippen molar-refractivity contribution >= 4 is 39.3 Å². The van der Waals surface area contributed by atoms with Crippen molar-refractivity contribution in [3.63, 3.8) is 0 Å². The average Bonchev–Trinajstić information content (AvgIpc) is 2.64.